The van der Waals surface area contributed by atoms with Crippen LogP contribution in [0, 0.1) is 11.8 Å². The molecule has 1 amide bonds. The number of amides is 1. The van der Waals surface area contributed by atoms with E-state index in [-0.39, 0.29) is 11.9 Å². The van der Waals surface area contributed by atoms with Gasteiger partial charge in [-0.05, 0) is 30.4 Å². The molecule has 0 heterocycles. The van der Waals surface area contributed by atoms with Crippen LogP contribution in [0.15, 0.2) is 24.3 Å². The third-order valence-corrected chi connectivity index (χ3v) is 4.47. The maximum Gasteiger partial charge on any atom is 0.253 e. The summed E-state index contributed by atoms with van der Waals surface area (Å²) < 4.78 is 0. The zero-order valence-electron chi connectivity index (χ0n) is 10.9. The minimum atomic E-state index is -0.0495. The molecule has 3 atom stereocenters. The average molecular weight is 266 g/mol. The molecular weight excluding hydrogens is 246 g/mol. The van der Waals surface area contributed by atoms with Crippen LogP contribution in [0.3, 0.4) is 0 Å². The Morgan fingerprint density at radius 2 is 2.00 bits per heavy atom. The number of benzene rings is 1. The first-order valence-electron chi connectivity index (χ1n) is 6.65. The lowest BCUT2D eigenvalue weighted by Gasteiger charge is -2.34. The monoisotopic (exact) mass is 265 g/mol. The Morgan fingerprint density at radius 3 is 2.72 bits per heavy atom. The predicted molar refractivity (Wildman–Crippen MR) is 74.9 cm³/mol. The van der Waals surface area contributed by atoms with E-state index in [4.69, 9.17) is 11.6 Å². The quantitative estimate of drug-likeness (QED) is 0.863. The van der Waals surface area contributed by atoms with Gasteiger partial charge in [-0.15, -0.1) is 0 Å². The van der Waals surface area contributed by atoms with Crippen LogP contribution < -0.4 is 5.32 Å². The Balaban J connectivity index is 2.05. The SMILES string of the molecule is C[C@@H]1[C@H](C)CCC[C@H]1NC(=O)c1ccccc1Cl. The first kappa shape index (κ1) is 13.4. The molecule has 1 aliphatic rings. The number of halogens is 1. The lowest BCUT2D eigenvalue weighted by atomic mass is 9.78. The van der Waals surface area contributed by atoms with Crippen molar-refractivity contribution in [2.75, 3.05) is 0 Å². The molecule has 1 saturated carbocycles. The van der Waals surface area contributed by atoms with Crippen LogP contribution in [0.2, 0.25) is 5.02 Å². The van der Waals surface area contributed by atoms with Gasteiger partial charge in [0.25, 0.3) is 5.91 Å². The molecule has 1 fully saturated rings. The highest BCUT2D eigenvalue weighted by molar-refractivity contribution is 6.33. The van der Waals surface area contributed by atoms with Gasteiger partial charge in [0, 0.05) is 6.04 Å². The molecule has 1 aromatic carbocycles. The Morgan fingerprint density at radius 1 is 1.28 bits per heavy atom. The second-order valence-electron chi connectivity index (χ2n) is 5.33. The van der Waals surface area contributed by atoms with Gasteiger partial charge in [0.15, 0.2) is 0 Å². The maximum absolute atomic E-state index is 12.2. The molecule has 2 nitrogen and oxygen atoms in total. The van der Waals surface area contributed by atoms with E-state index >= 15 is 0 Å². The number of hydrogen-bond donors (Lipinski definition) is 1. The van der Waals surface area contributed by atoms with Crippen molar-refractivity contribution in [1.82, 2.24) is 5.32 Å². The van der Waals surface area contributed by atoms with E-state index in [0.29, 0.717) is 22.4 Å². The van der Waals surface area contributed by atoms with Crippen molar-refractivity contribution < 1.29 is 4.79 Å². The smallest absolute Gasteiger partial charge is 0.253 e. The van der Waals surface area contributed by atoms with Crippen LogP contribution in [-0.4, -0.2) is 11.9 Å². The van der Waals surface area contributed by atoms with Crippen molar-refractivity contribution in [3.63, 3.8) is 0 Å². The third kappa shape index (κ3) is 2.86. The topological polar surface area (TPSA) is 29.1 Å². The normalized spacial score (nSPS) is 27.8. The van der Waals surface area contributed by atoms with Gasteiger partial charge >= 0.3 is 0 Å². The fraction of sp³-hybridized carbons (Fsp3) is 0.533. The van der Waals surface area contributed by atoms with E-state index in [1.54, 1.807) is 12.1 Å². The summed E-state index contributed by atoms with van der Waals surface area (Å²) in [6.07, 6.45) is 3.53. The van der Waals surface area contributed by atoms with Gasteiger partial charge in [0.1, 0.15) is 0 Å². The maximum atomic E-state index is 12.2. The van der Waals surface area contributed by atoms with Gasteiger partial charge < -0.3 is 5.32 Å². The van der Waals surface area contributed by atoms with Crippen LogP contribution in [0.1, 0.15) is 43.5 Å². The predicted octanol–water partition coefficient (Wildman–Crippen LogP) is 3.89. The molecule has 1 aliphatic carbocycles. The van der Waals surface area contributed by atoms with Gasteiger partial charge in [-0.25, -0.2) is 0 Å². The molecule has 0 unspecified atom stereocenters. The third-order valence-electron chi connectivity index (χ3n) is 4.14. The standard InChI is InChI=1S/C15H20ClNO/c1-10-6-5-9-14(11(10)2)17-15(18)12-7-3-4-8-13(12)16/h3-4,7-8,10-11,14H,5-6,9H2,1-2H3,(H,17,18)/t10-,11-,14-/m1/s1. The summed E-state index contributed by atoms with van der Waals surface area (Å²) in [7, 11) is 0. The molecule has 18 heavy (non-hydrogen) atoms. The van der Waals surface area contributed by atoms with E-state index in [0.717, 1.165) is 6.42 Å². The lowest BCUT2D eigenvalue weighted by molar-refractivity contribution is 0.0891. The van der Waals surface area contributed by atoms with E-state index in [1.807, 2.05) is 12.1 Å². The van der Waals surface area contributed by atoms with E-state index in [1.165, 1.54) is 12.8 Å². The summed E-state index contributed by atoms with van der Waals surface area (Å²) in [5.74, 6) is 1.16. The Kier molecular flexibility index (Phi) is 4.28. The molecule has 0 aromatic heterocycles. The van der Waals surface area contributed by atoms with Crippen molar-refractivity contribution in [2.45, 2.75) is 39.2 Å². The summed E-state index contributed by atoms with van der Waals surface area (Å²) >= 11 is 6.04. The number of carbonyl (C=O) groups excluding carboxylic acids is 1. The molecule has 1 aromatic rings. The summed E-state index contributed by atoms with van der Waals surface area (Å²) in [5, 5.41) is 3.65. The van der Waals surface area contributed by atoms with Gasteiger partial charge in [0.05, 0.1) is 10.6 Å². The van der Waals surface area contributed by atoms with Gasteiger partial charge in [-0.1, -0.05) is 50.4 Å². The number of nitrogens with one attached hydrogen (secondary N) is 1. The van der Waals surface area contributed by atoms with Crippen LogP contribution in [-0.2, 0) is 0 Å². The highest BCUT2D eigenvalue weighted by Crippen LogP contribution is 2.29. The molecule has 98 valence electrons. The molecule has 2 rings (SSSR count). The van der Waals surface area contributed by atoms with Crippen LogP contribution >= 0.6 is 11.6 Å². The highest BCUT2D eigenvalue weighted by Gasteiger charge is 2.28. The molecule has 0 radical (unpaired) electrons. The number of carbonyl (C=O) groups is 1. The molecule has 0 bridgehead atoms. The van der Waals surface area contributed by atoms with E-state index in [9.17, 15) is 4.79 Å². The molecule has 3 heteroatoms. The fourth-order valence-electron chi connectivity index (χ4n) is 2.68. The summed E-state index contributed by atoms with van der Waals surface area (Å²) in [4.78, 5) is 12.2. The first-order valence-corrected chi connectivity index (χ1v) is 7.02. The van der Waals surface area contributed by atoms with Crippen molar-refractivity contribution in [2.24, 2.45) is 11.8 Å². The second-order valence-corrected chi connectivity index (χ2v) is 5.73. The average Bonchev–Trinajstić information content (AvgIpc) is 2.35. The minimum Gasteiger partial charge on any atom is -0.349 e. The lowest BCUT2D eigenvalue weighted by Crippen LogP contribution is -2.43. The van der Waals surface area contributed by atoms with E-state index < -0.39 is 0 Å². The second kappa shape index (κ2) is 5.75. The number of hydrogen-bond acceptors (Lipinski definition) is 1. The van der Waals surface area contributed by atoms with Gasteiger partial charge in [-0.3, -0.25) is 4.79 Å². The van der Waals surface area contributed by atoms with Gasteiger partial charge in [-0.2, -0.15) is 0 Å². The summed E-state index contributed by atoms with van der Waals surface area (Å²) in [6, 6.07) is 7.48. The molecular formula is C15H20ClNO. The molecule has 0 saturated heterocycles. The summed E-state index contributed by atoms with van der Waals surface area (Å²) in [5.41, 5.74) is 0.574. The van der Waals surface area contributed by atoms with Crippen molar-refractivity contribution >= 4 is 17.5 Å². The largest absolute Gasteiger partial charge is 0.349 e. The fourth-order valence-corrected chi connectivity index (χ4v) is 2.90. The summed E-state index contributed by atoms with van der Waals surface area (Å²) in [6.45, 7) is 4.49. The van der Waals surface area contributed by atoms with Crippen LogP contribution in [0.5, 0.6) is 0 Å². The molecule has 0 spiro atoms. The zero-order valence-corrected chi connectivity index (χ0v) is 11.7. The first-order chi connectivity index (χ1) is 8.59. The van der Waals surface area contributed by atoms with Crippen LogP contribution in [0.25, 0.3) is 0 Å². The van der Waals surface area contributed by atoms with Crippen molar-refractivity contribution in [3.8, 4) is 0 Å². The Labute approximate surface area is 114 Å². The Bertz CT molecular complexity index is 432. The number of rotatable bonds is 2. The van der Waals surface area contributed by atoms with Gasteiger partial charge in [0.2, 0.25) is 0 Å². The van der Waals surface area contributed by atoms with E-state index in [2.05, 4.69) is 19.2 Å². The van der Waals surface area contributed by atoms with Crippen molar-refractivity contribution in [3.05, 3.63) is 34.9 Å². The van der Waals surface area contributed by atoms with Crippen LogP contribution in [0.4, 0.5) is 0 Å². The minimum absolute atomic E-state index is 0.0495. The molecule has 1 N–H and O–H groups in total. The molecule has 0 aliphatic heterocycles. The highest BCUT2D eigenvalue weighted by atomic mass is 35.5. The van der Waals surface area contributed by atoms with Crippen molar-refractivity contribution in [1.29, 1.82) is 0 Å². The zero-order chi connectivity index (χ0) is 13.1. The Hall–Kier alpha value is -1.02.